The van der Waals surface area contributed by atoms with Crippen molar-refractivity contribution < 1.29 is 9.53 Å². The fourth-order valence-electron chi connectivity index (χ4n) is 2.16. The number of likely N-dealkylation sites (N-methyl/N-ethyl adjacent to an activating group) is 1. The molecular formula is C16H35N3O2. The molecule has 5 nitrogen and oxygen atoms in total. The SMILES string of the molecule is CCCNC(CN(CCN(C)C)CC(C)C)C(=O)OCC. The molecule has 0 aromatic rings. The van der Waals surface area contributed by atoms with Crippen LogP contribution in [0.2, 0.25) is 0 Å². The molecule has 0 amide bonds. The minimum atomic E-state index is -0.231. The van der Waals surface area contributed by atoms with Crippen molar-refractivity contribution in [2.45, 2.75) is 40.2 Å². The molecule has 0 bridgehead atoms. The average Bonchev–Trinajstić information content (AvgIpc) is 2.40. The molecule has 0 rings (SSSR count). The molecule has 0 saturated heterocycles. The van der Waals surface area contributed by atoms with Crippen LogP contribution in [0.15, 0.2) is 0 Å². The van der Waals surface area contributed by atoms with Gasteiger partial charge in [0, 0.05) is 26.2 Å². The van der Waals surface area contributed by atoms with Crippen LogP contribution in [0.4, 0.5) is 0 Å². The zero-order valence-corrected chi connectivity index (χ0v) is 14.8. The van der Waals surface area contributed by atoms with Crippen molar-refractivity contribution in [1.82, 2.24) is 15.1 Å². The Kier molecular flexibility index (Phi) is 11.6. The van der Waals surface area contributed by atoms with Crippen LogP contribution in [0.1, 0.15) is 34.1 Å². The monoisotopic (exact) mass is 301 g/mol. The van der Waals surface area contributed by atoms with Gasteiger partial charge in [0.1, 0.15) is 6.04 Å². The lowest BCUT2D eigenvalue weighted by Gasteiger charge is -2.29. The zero-order valence-electron chi connectivity index (χ0n) is 14.8. The molecule has 126 valence electrons. The van der Waals surface area contributed by atoms with Gasteiger partial charge in [0.2, 0.25) is 0 Å². The number of carbonyl (C=O) groups excluding carboxylic acids is 1. The van der Waals surface area contributed by atoms with Gasteiger partial charge in [-0.25, -0.2) is 0 Å². The van der Waals surface area contributed by atoms with E-state index in [4.69, 9.17) is 4.74 Å². The van der Waals surface area contributed by atoms with Gasteiger partial charge >= 0.3 is 5.97 Å². The van der Waals surface area contributed by atoms with Crippen molar-refractivity contribution in [3.05, 3.63) is 0 Å². The Bertz CT molecular complexity index is 270. The van der Waals surface area contributed by atoms with Crippen LogP contribution in [-0.2, 0) is 9.53 Å². The van der Waals surface area contributed by atoms with Gasteiger partial charge in [0.15, 0.2) is 0 Å². The van der Waals surface area contributed by atoms with E-state index < -0.39 is 0 Å². The van der Waals surface area contributed by atoms with Crippen molar-refractivity contribution in [1.29, 1.82) is 0 Å². The summed E-state index contributed by atoms with van der Waals surface area (Å²) < 4.78 is 5.19. The smallest absolute Gasteiger partial charge is 0.324 e. The van der Waals surface area contributed by atoms with Crippen molar-refractivity contribution in [3.63, 3.8) is 0 Å². The molecule has 0 heterocycles. The summed E-state index contributed by atoms with van der Waals surface area (Å²) in [7, 11) is 4.15. The number of esters is 1. The third-order valence-electron chi connectivity index (χ3n) is 3.14. The maximum absolute atomic E-state index is 12.1. The summed E-state index contributed by atoms with van der Waals surface area (Å²) in [6.07, 6.45) is 1.01. The summed E-state index contributed by atoms with van der Waals surface area (Å²) in [5, 5.41) is 3.32. The first-order valence-electron chi connectivity index (χ1n) is 8.17. The summed E-state index contributed by atoms with van der Waals surface area (Å²) in [6.45, 7) is 13.3. The second-order valence-corrected chi connectivity index (χ2v) is 6.22. The maximum atomic E-state index is 12.1. The van der Waals surface area contributed by atoms with Crippen LogP contribution < -0.4 is 5.32 Å². The van der Waals surface area contributed by atoms with E-state index in [-0.39, 0.29) is 12.0 Å². The number of nitrogens with one attached hydrogen (secondary N) is 1. The molecule has 0 spiro atoms. The molecule has 5 heteroatoms. The first-order valence-corrected chi connectivity index (χ1v) is 8.17. The lowest BCUT2D eigenvalue weighted by Crippen LogP contribution is -2.49. The van der Waals surface area contributed by atoms with Gasteiger partial charge in [-0.1, -0.05) is 20.8 Å². The predicted octanol–water partition coefficient (Wildman–Crippen LogP) is 1.44. The third kappa shape index (κ3) is 10.7. The Morgan fingerprint density at radius 1 is 1.14 bits per heavy atom. The third-order valence-corrected chi connectivity index (χ3v) is 3.14. The predicted molar refractivity (Wildman–Crippen MR) is 88.5 cm³/mol. The Balaban J connectivity index is 4.62. The molecule has 0 radical (unpaired) electrons. The Hall–Kier alpha value is -0.650. The first kappa shape index (κ1) is 20.3. The minimum Gasteiger partial charge on any atom is -0.465 e. The summed E-state index contributed by atoms with van der Waals surface area (Å²) >= 11 is 0. The van der Waals surface area contributed by atoms with E-state index in [9.17, 15) is 4.79 Å². The van der Waals surface area contributed by atoms with Gasteiger partial charge in [0.25, 0.3) is 0 Å². The van der Waals surface area contributed by atoms with Crippen LogP contribution in [-0.4, -0.2) is 75.2 Å². The van der Waals surface area contributed by atoms with Crippen LogP contribution in [0.5, 0.6) is 0 Å². The van der Waals surface area contributed by atoms with E-state index >= 15 is 0 Å². The number of rotatable bonds is 12. The van der Waals surface area contributed by atoms with E-state index in [1.807, 2.05) is 6.92 Å². The number of hydrogen-bond acceptors (Lipinski definition) is 5. The maximum Gasteiger partial charge on any atom is 0.324 e. The van der Waals surface area contributed by atoms with Crippen LogP contribution in [0, 0.1) is 5.92 Å². The van der Waals surface area contributed by atoms with Gasteiger partial charge in [-0.15, -0.1) is 0 Å². The summed E-state index contributed by atoms with van der Waals surface area (Å²) in [4.78, 5) is 16.6. The molecule has 0 aliphatic rings. The largest absolute Gasteiger partial charge is 0.465 e. The Labute approximate surface area is 131 Å². The molecule has 0 aliphatic carbocycles. The Morgan fingerprint density at radius 3 is 2.29 bits per heavy atom. The molecule has 0 aromatic heterocycles. The lowest BCUT2D eigenvalue weighted by molar-refractivity contribution is -0.146. The van der Waals surface area contributed by atoms with Crippen molar-refractivity contribution in [2.75, 3.05) is 53.4 Å². The number of carbonyl (C=O) groups is 1. The summed E-state index contributed by atoms with van der Waals surface area (Å²) in [5.74, 6) is 0.450. The van der Waals surface area contributed by atoms with Crippen LogP contribution in [0.3, 0.4) is 0 Å². The fourth-order valence-corrected chi connectivity index (χ4v) is 2.16. The molecular weight excluding hydrogens is 266 g/mol. The van der Waals surface area contributed by atoms with Gasteiger partial charge < -0.3 is 15.0 Å². The second kappa shape index (κ2) is 12.0. The molecule has 1 atom stereocenters. The van der Waals surface area contributed by atoms with E-state index in [0.717, 1.165) is 32.6 Å². The van der Waals surface area contributed by atoms with Gasteiger partial charge in [0.05, 0.1) is 6.61 Å². The molecule has 21 heavy (non-hydrogen) atoms. The normalized spacial score (nSPS) is 13.2. The topological polar surface area (TPSA) is 44.8 Å². The molecule has 0 saturated carbocycles. The van der Waals surface area contributed by atoms with E-state index in [0.29, 0.717) is 19.1 Å². The molecule has 0 aromatic carbocycles. The van der Waals surface area contributed by atoms with Gasteiger partial charge in [-0.2, -0.15) is 0 Å². The number of nitrogens with zero attached hydrogens (tertiary/aromatic N) is 2. The molecule has 0 aliphatic heterocycles. The fraction of sp³-hybridized carbons (Fsp3) is 0.938. The summed E-state index contributed by atoms with van der Waals surface area (Å²) in [6, 6.07) is -0.231. The average molecular weight is 301 g/mol. The molecule has 1 N–H and O–H groups in total. The van der Waals surface area contributed by atoms with E-state index in [1.165, 1.54) is 0 Å². The molecule has 0 fully saturated rings. The number of ether oxygens (including phenoxy) is 1. The second-order valence-electron chi connectivity index (χ2n) is 6.22. The van der Waals surface area contributed by atoms with Gasteiger partial charge in [-0.3, -0.25) is 9.69 Å². The quantitative estimate of drug-likeness (QED) is 0.553. The van der Waals surface area contributed by atoms with Crippen LogP contribution in [0.25, 0.3) is 0 Å². The van der Waals surface area contributed by atoms with Crippen molar-refractivity contribution >= 4 is 5.97 Å². The van der Waals surface area contributed by atoms with E-state index in [2.05, 4.69) is 50.0 Å². The van der Waals surface area contributed by atoms with E-state index in [1.54, 1.807) is 0 Å². The highest BCUT2D eigenvalue weighted by molar-refractivity contribution is 5.76. The summed E-state index contributed by atoms with van der Waals surface area (Å²) in [5.41, 5.74) is 0. The highest BCUT2D eigenvalue weighted by Crippen LogP contribution is 2.02. The highest BCUT2D eigenvalue weighted by atomic mass is 16.5. The Morgan fingerprint density at radius 2 is 1.81 bits per heavy atom. The standard InChI is InChI=1S/C16H35N3O2/c1-7-9-17-15(16(20)21-8-2)13-19(12-14(3)4)11-10-18(5)6/h14-15,17H,7-13H2,1-6H3. The lowest BCUT2D eigenvalue weighted by atomic mass is 10.1. The first-order chi connectivity index (χ1) is 9.90. The van der Waals surface area contributed by atoms with Crippen molar-refractivity contribution in [2.24, 2.45) is 5.92 Å². The van der Waals surface area contributed by atoms with Crippen molar-refractivity contribution in [3.8, 4) is 0 Å². The highest BCUT2D eigenvalue weighted by Gasteiger charge is 2.22. The number of hydrogen-bond donors (Lipinski definition) is 1. The minimum absolute atomic E-state index is 0.135. The van der Waals surface area contributed by atoms with Crippen LogP contribution >= 0.6 is 0 Å². The zero-order chi connectivity index (χ0) is 16.3. The molecule has 1 unspecified atom stereocenters. The van der Waals surface area contributed by atoms with Gasteiger partial charge in [-0.05, 0) is 39.9 Å².